The van der Waals surface area contributed by atoms with Crippen molar-refractivity contribution in [3.05, 3.63) is 0 Å². The van der Waals surface area contributed by atoms with Gasteiger partial charge in [0.1, 0.15) is 11.6 Å². The zero-order valence-corrected chi connectivity index (χ0v) is 9.76. The van der Waals surface area contributed by atoms with Crippen LogP contribution in [-0.4, -0.2) is 35.4 Å². The van der Waals surface area contributed by atoms with Crippen LogP contribution in [0.25, 0.3) is 0 Å². The van der Waals surface area contributed by atoms with Gasteiger partial charge in [-0.2, -0.15) is 0 Å². The van der Waals surface area contributed by atoms with Crippen molar-refractivity contribution in [3.63, 3.8) is 0 Å². The summed E-state index contributed by atoms with van der Waals surface area (Å²) in [6, 6.07) is -1.11. The fourth-order valence-corrected chi connectivity index (χ4v) is 0.595. The summed E-state index contributed by atoms with van der Waals surface area (Å²) in [5.74, 6) is -1.17. The van der Waals surface area contributed by atoms with Gasteiger partial charge in [0.05, 0.1) is 0 Å². The Hall–Kier alpha value is -1.01. The van der Waals surface area contributed by atoms with E-state index in [4.69, 9.17) is 15.6 Å². The highest BCUT2D eigenvalue weighted by molar-refractivity contribution is 5.85. The van der Waals surface area contributed by atoms with Gasteiger partial charge in [0.2, 0.25) is 0 Å². The van der Waals surface area contributed by atoms with Gasteiger partial charge in [-0.3, -0.25) is 4.79 Å². The lowest BCUT2D eigenvalue weighted by Gasteiger charge is -2.20. The molecule has 0 saturated heterocycles. The molecular weight excluding hydrogens is 224 g/mol. The number of nitrogens with one attached hydrogen (secondary N) is 1. The Morgan fingerprint density at radius 1 is 1.47 bits per heavy atom. The van der Waals surface area contributed by atoms with Crippen LogP contribution >= 0.6 is 12.4 Å². The van der Waals surface area contributed by atoms with Crippen LogP contribution in [-0.2, 0) is 9.53 Å². The molecule has 1 amide bonds. The van der Waals surface area contributed by atoms with E-state index in [2.05, 4.69) is 5.32 Å². The normalized spacial score (nSPS) is 12.3. The van der Waals surface area contributed by atoms with Crippen molar-refractivity contribution in [2.24, 2.45) is 5.73 Å². The molecule has 0 aromatic carbocycles. The van der Waals surface area contributed by atoms with E-state index in [9.17, 15) is 9.59 Å². The van der Waals surface area contributed by atoms with Gasteiger partial charge in [0.15, 0.2) is 0 Å². The topological polar surface area (TPSA) is 102 Å². The minimum atomic E-state index is -1.17. The van der Waals surface area contributed by atoms with Crippen LogP contribution in [0.5, 0.6) is 0 Å². The lowest BCUT2D eigenvalue weighted by atomic mass is 10.2. The van der Waals surface area contributed by atoms with Crippen molar-refractivity contribution < 1.29 is 19.4 Å². The number of hydrogen-bond donors (Lipinski definition) is 3. The highest BCUT2D eigenvalue weighted by Crippen LogP contribution is 2.06. The largest absolute Gasteiger partial charge is 0.480 e. The number of amides is 1. The minimum Gasteiger partial charge on any atom is -0.480 e. The third kappa shape index (κ3) is 9.30. The maximum Gasteiger partial charge on any atom is 0.407 e. The first kappa shape index (κ1) is 16.4. The highest BCUT2D eigenvalue weighted by Gasteiger charge is 2.18. The lowest BCUT2D eigenvalue weighted by molar-refractivity contribution is -0.138. The average molecular weight is 241 g/mol. The van der Waals surface area contributed by atoms with E-state index in [-0.39, 0.29) is 19.0 Å². The van der Waals surface area contributed by atoms with Gasteiger partial charge in [-0.05, 0) is 20.8 Å². The van der Waals surface area contributed by atoms with E-state index in [1.807, 2.05) is 0 Å². The lowest BCUT2D eigenvalue weighted by Crippen LogP contribution is -2.44. The van der Waals surface area contributed by atoms with Crippen molar-refractivity contribution in [2.75, 3.05) is 6.54 Å². The minimum absolute atomic E-state index is 0. The van der Waals surface area contributed by atoms with Gasteiger partial charge in [0, 0.05) is 6.54 Å². The summed E-state index contributed by atoms with van der Waals surface area (Å²) in [4.78, 5) is 21.3. The Bertz CT molecular complexity index is 227. The van der Waals surface area contributed by atoms with E-state index < -0.39 is 23.7 Å². The van der Waals surface area contributed by atoms with Crippen molar-refractivity contribution in [1.82, 2.24) is 5.32 Å². The number of alkyl carbamates (subject to hydrolysis) is 1. The number of hydrogen-bond acceptors (Lipinski definition) is 4. The van der Waals surface area contributed by atoms with Gasteiger partial charge in [0.25, 0.3) is 0 Å². The molecule has 4 N–H and O–H groups in total. The molecule has 7 heteroatoms. The van der Waals surface area contributed by atoms with Crippen LogP contribution in [0.2, 0.25) is 0 Å². The van der Waals surface area contributed by atoms with Crippen molar-refractivity contribution >= 4 is 24.5 Å². The molecule has 0 aliphatic carbocycles. The summed E-state index contributed by atoms with van der Waals surface area (Å²) in [6.07, 6.45) is -0.672. The molecule has 0 aromatic rings. The fourth-order valence-electron chi connectivity index (χ4n) is 0.595. The number of carbonyl (C=O) groups is 2. The van der Waals surface area contributed by atoms with Gasteiger partial charge in [-0.1, -0.05) is 0 Å². The average Bonchev–Trinajstić information content (AvgIpc) is 1.96. The van der Waals surface area contributed by atoms with Gasteiger partial charge >= 0.3 is 12.1 Å². The van der Waals surface area contributed by atoms with Crippen LogP contribution in [0.15, 0.2) is 0 Å². The van der Waals surface area contributed by atoms with Crippen LogP contribution in [0, 0.1) is 0 Å². The van der Waals surface area contributed by atoms with E-state index >= 15 is 0 Å². The third-order valence-electron chi connectivity index (χ3n) is 1.18. The zero-order valence-electron chi connectivity index (χ0n) is 8.94. The van der Waals surface area contributed by atoms with Crippen LogP contribution in [0.3, 0.4) is 0 Å². The van der Waals surface area contributed by atoms with Gasteiger partial charge in [-0.25, -0.2) is 4.79 Å². The predicted molar refractivity (Wildman–Crippen MR) is 57.1 cm³/mol. The van der Waals surface area contributed by atoms with Crippen LogP contribution in [0.1, 0.15) is 20.8 Å². The smallest absolute Gasteiger partial charge is 0.407 e. The number of ether oxygens (including phenoxy) is 1. The first-order valence-corrected chi connectivity index (χ1v) is 4.17. The number of carboxylic acid groups (broad SMARTS) is 1. The molecular formula is C8H17ClN2O4. The molecule has 0 aliphatic heterocycles. The maximum absolute atomic E-state index is 11.0. The molecule has 15 heavy (non-hydrogen) atoms. The third-order valence-corrected chi connectivity index (χ3v) is 1.18. The summed E-state index contributed by atoms with van der Waals surface area (Å²) in [5.41, 5.74) is 4.56. The number of aliphatic carboxylic acids is 1. The molecule has 0 fully saturated rings. The SMILES string of the molecule is CC(C)(C)OC(=O)NCC(N)C(=O)O.Cl. The fraction of sp³-hybridized carbons (Fsp3) is 0.750. The Balaban J connectivity index is 0. The standard InChI is InChI=1S/C8H16N2O4.ClH/c1-8(2,3)14-7(13)10-4-5(9)6(11)12;/h5H,4,9H2,1-3H3,(H,10,13)(H,11,12);1H. The number of carbonyl (C=O) groups excluding carboxylic acids is 1. The monoisotopic (exact) mass is 240 g/mol. The molecule has 0 spiro atoms. The van der Waals surface area contributed by atoms with Crippen molar-refractivity contribution in [2.45, 2.75) is 32.4 Å². The highest BCUT2D eigenvalue weighted by atomic mass is 35.5. The van der Waals surface area contributed by atoms with Gasteiger partial charge < -0.3 is 20.9 Å². The van der Waals surface area contributed by atoms with Crippen LogP contribution in [0.4, 0.5) is 4.79 Å². The summed E-state index contributed by atoms with van der Waals surface area (Å²) in [7, 11) is 0. The summed E-state index contributed by atoms with van der Waals surface area (Å²) < 4.78 is 4.87. The Labute approximate surface area is 94.6 Å². The summed E-state index contributed by atoms with van der Waals surface area (Å²) >= 11 is 0. The number of nitrogens with two attached hydrogens (primary N) is 1. The number of halogens is 1. The summed E-state index contributed by atoms with van der Waals surface area (Å²) in [5, 5.41) is 10.7. The van der Waals surface area contributed by atoms with Crippen LogP contribution < -0.4 is 11.1 Å². The second-order valence-electron chi connectivity index (χ2n) is 3.83. The van der Waals surface area contributed by atoms with E-state index in [1.54, 1.807) is 20.8 Å². The molecule has 0 heterocycles. The molecule has 0 aromatic heterocycles. The molecule has 1 atom stereocenters. The van der Waals surface area contributed by atoms with Crippen molar-refractivity contribution in [1.29, 1.82) is 0 Å². The number of rotatable bonds is 3. The number of carboxylic acids is 1. The molecule has 0 rings (SSSR count). The molecule has 6 nitrogen and oxygen atoms in total. The second-order valence-corrected chi connectivity index (χ2v) is 3.83. The molecule has 0 radical (unpaired) electrons. The maximum atomic E-state index is 11.0. The molecule has 0 saturated carbocycles. The zero-order chi connectivity index (χ0) is 11.4. The Kier molecular flexibility index (Phi) is 7.08. The molecule has 90 valence electrons. The van der Waals surface area contributed by atoms with E-state index in [0.717, 1.165) is 0 Å². The van der Waals surface area contributed by atoms with E-state index in [0.29, 0.717) is 0 Å². The van der Waals surface area contributed by atoms with E-state index in [1.165, 1.54) is 0 Å². The first-order chi connectivity index (χ1) is 6.22. The molecule has 1 unspecified atom stereocenters. The predicted octanol–water partition coefficient (Wildman–Crippen LogP) is 0.345. The summed E-state index contributed by atoms with van der Waals surface area (Å²) in [6.45, 7) is 4.99. The quantitative estimate of drug-likeness (QED) is 0.661. The van der Waals surface area contributed by atoms with Gasteiger partial charge in [-0.15, -0.1) is 12.4 Å². The Morgan fingerprint density at radius 3 is 2.27 bits per heavy atom. The first-order valence-electron chi connectivity index (χ1n) is 4.17. The van der Waals surface area contributed by atoms with Crippen molar-refractivity contribution in [3.8, 4) is 0 Å². The molecule has 0 bridgehead atoms. The Morgan fingerprint density at radius 2 is 1.93 bits per heavy atom. The second kappa shape index (κ2) is 6.47. The molecule has 0 aliphatic rings.